The molecule has 0 bridgehead atoms. The lowest BCUT2D eigenvalue weighted by Gasteiger charge is -2.27. The van der Waals surface area contributed by atoms with Crippen molar-refractivity contribution in [2.24, 2.45) is 5.92 Å². The Labute approximate surface area is 241 Å². The van der Waals surface area contributed by atoms with Gasteiger partial charge in [0.15, 0.2) is 11.6 Å². The van der Waals surface area contributed by atoms with Gasteiger partial charge in [0.05, 0.1) is 17.6 Å². The molecule has 214 valence electrons. The number of hydrogen-bond acceptors (Lipinski definition) is 3. The first-order valence-corrected chi connectivity index (χ1v) is 14.5. The number of fused-ring (bicyclic) bond motifs is 1. The highest BCUT2D eigenvalue weighted by Gasteiger charge is 2.20. The third kappa shape index (κ3) is 7.09. The van der Waals surface area contributed by atoms with Crippen LogP contribution in [0, 0.1) is 17.6 Å². The number of amides is 1. The third-order valence-corrected chi connectivity index (χ3v) is 7.64. The van der Waals surface area contributed by atoms with Crippen molar-refractivity contribution >= 4 is 23.0 Å². The van der Waals surface area contributed by atoms with Gasteiger partial charge in [0.2, 0.25) is 5.91 Å². The minimum atomic E-state index is -0.961. The normalized spacial score (nSPS) is 14.4. The minimum absolute atomic E-state index is 0.0420. The van der Waals surface area contributed by atoms with E-state index in [4.69, 9.17) is 4.98 Å². The molecule has 5 nitrogen and oxygen atoms in total. The molecule has 3 aromatic carbocycles. The number of imidazole rings is 1. The van der Waals surface area contributed by atoms with E-state index < -0.39 is 11.6 Å². The molecule has 0 atom stereocenters. The molecular weight excluding hydrogens is 518 g/mol. The molecule has 1 aromatic heterocycles. The molecule has 0 saturated carbocycles. The summed E-state index contributed by atoms with van der Waals surface area (Å²) in [5.41, 5.74) is 4.49. The van der Waals surface area contributed by atoms with Gasteiger partial charge in [-0.25, -0.2) is 13.8 Å². The van der Waals surface area contributed by atoms with Gasteiger partial charge in [0.25, 0.3) is 0 Å². The zero-order chi connectivity index (χ0) is 28.8. The summed E-state index contributed by atoms with van der Waals surface area (Å²) in [6, 6.07) is 20.6. The van der Waals surface area contributed by atoms with Crippen LogP contribution in [0.5, 0.6) is 0 Å². The fourth-order valence-electron chi connectivity index (χ4n) is 5.58. The monoisotopic (exact) mass is 556 g/mol. The van der Waals surface area contributed by atoms with Crippen molar-refractivity contribution in [3.8, 4) is 0 Å². The molecular formula is C34H38F2N4O. The second-order valence-corrected chi connectivity index (χ2v) is 11.3. The van der Waals surface area contributed by atoms with Gasteiger partial charge < -0.3 is 9.47 Å². The topological polar surface area (TPSA) is 41.4 Å². The Morgan fingerprint density at radius 2 is 1.63 bits per heavy atom. The summed E-state index contributed by atoms with van der Waals surface area (Å²) in [4.78, 5) is 22.6. The van der Waals surface area contributed by atoms with Crippen LogP contribution in [0.1, 0.15) is 55.6 Å². The van der Waals surface area contributed by atoms with Crippen LogP contribution in [0.3, 0.4) is 0 Å². The third-order valence-electron chi connectivity index (χ3n) is 7.64. The molecule has 2 heterocycles. The van der Waals surface area contributed by atoms with Crippen molar-refractivity contribution in [2.45, 2.75) is 52.7 Å². The van der Waals surface area contributed by atoms with E-state index in [0.29, 0.717) is 19.6 Å². The molecule has 1 amide bonds. The summed E-state index contributed by atoms with van der Waals surface area (Å²) in [5, 5.41) is 0. The number of para-hydroxylation sites is 2. The van der Waals surface area contributed by atoms with Crippen molar-refractivity contribution < 1.29 is 13.6 Å². The fourth-order valence-corrected chi connectivity index (χ4v) is 5.58. The Bertz CT molecular complexity index is 1520. The molecule has 4 aromatic rings. The van der Waals surface area contributed by atoms with E-state index in [0.717, 1.165) is 42.6 Å². The molecule has 0 spiro atoms. The molecule has 1 aliphatic heterocycles. The molecule has 0 unspecified atom stereocenters. The smallest absolute Gasteiger partial charge is 0.246 e. The summed E-state index contributed by atoms with van der Waals surface area (Å²) in [7, 11) is 0. The van der Waals surface area contributed by atoms with Gasteiger partial charge in [0.1, 0.15) is 5.82 Å². The number of hydrogen-bond donors (Lipinski definition) is 0. The van der Waals surface area contributed by atoms with Crippen LogP contribution in [0.25, 0.3) is 17.1 Å². The summed E-state index contributed by atoms with van der Waals surface area (Å²) in [5.74, 6) is -1.17. The lowest BCUT2D eigenvalue weighted by Crippen LogP contribution is -2.33. The highest BCUT2D eigenvalue weighted by atomic mass is 19.2. The largest absolute Gasteiger partial charge is 0.331 e. The number of piperidine rings is 1. The van der Waals surface area contributed by atoms with Crippen molar-refractivity contribution in [3.05, 3.63) is 107 Å². The molecule has 0 radical (unpaired) electrons. The van der Waals surface area contributed by atoms with Crippen LogP contribution in [0.2, 0.25) is 0 Å². The summed E-state index contributed by atoms with van der Waals surface area (Å²) < 4.78 is 30.1. The molecule has 0 aliphatic carbocycles. The Hall–Kier alpha value is -3.84. The first-order valence-electron chi connectivity index (χ1n) is 14.5. The first kappa shape index (κ1) is 28.7. The van der Waals surface area contributed by atoms with Gasteiger partial charge >= 0.3 is 0 Å². The molecule has 1 fully saturated rings. The quantitative estimate of drug-likeness (QED) is 0.197. The van der Waals surface area contributed by atoms with E-state index >= 15 is 0 Å². The zero-order valence-corrected chi connectivity index (χ0v) is 23.9. The number of carbonyl (C=O) groups is 1. The minimum Gasteiger partial charge on any atom is -0.331 e. The average molecular weight is 557 g/mol. The maximum Gasteiger partial charge on any atom is 0.246 e. The van der Waals surface area contributed by atoms with Gasteiger partial charge in [0, 0.05) is 31.3 Å². The van der Waals surface area contributed by atoms with E-state index in [1.165, 1.54) is 54.7 Å². The Morgan fingerprint density at radius 1 is 0.927 bits per heavy atom. The Morgan fingerprint density at radius 3 is 2.39 bits per heavy atom. The van der Waals surface area contributed by atoms with Crippen molar-refractivity contribution in [1.82, 2.24) is 19.4 Å². The molecule has 1 saturated heterocycles. The van der Waals surface area contributed by atoms with Crippen LogP contribution in [0.15, 0.2) is 72.8 Å². The Balaban J connectivity index is 1.44. The van der Waals surface area contributed by atoms with Crippen LogP contribution in [0.4, 0.5) is 8.78 Å². The lowest BCUT2D eigenvalue weighted by atomic mass is 10.0. The van der Waals surface area contributed by atoms with Crippen LogP contribution < -0.4 is 0 Å². The number of carbonyl (C=O) groups excluding carboxylic acids is 1. The predicted octanol–water partition coefficient (Wildman–Crippen LogP) is 7.05. The predicted molar refractivity (Wildman–Crippen MR) is 160 cm³/mol. The van der Waals surface area contributed by atoms with Crippen molar-refractivity contribution in [2.75, 3.05) is 19.6 Å². The second-order valence-electron chi connectivity index (χ2n) is 11.3. The highest BCUT2D eigenvalue weighted by molar-refractivity contribution is 5.91. The van der Waals surface area contributed by atoms with Crippen LogP contribution >= 0.6 is 0 Å². The molecule has 5 rings (SSSR count). The number of rotatable bonds is 10. The fraction of sp³-hybridized carbons (Fsp3) is 0.353. The number of nitrogens with zero attached hydrogens (tertiary/aromatic N) is 4. The van der Waals surface area contributed by atoms with Crippen LogP contribution in [-0.4, -0.2) is 44.9 Å². The van der Waals surface area contributed by atoms with Gasteiger partial charge in [-0.05, 0) is 67.3 Å². The van der Waals surface area contributed by atoms with Crippen LogP contribution in [-0.2, 0) is 24.4 Å². The van der Waals surface area contributed by atoms with E-state index in [-0.39, 0.29) is 17.4 Å². The summed E-state index contributed by atoms with van der Waals surface area (Å²) in [6.45, 7) is 8.75. The van der Waals surface area contributed by atoms with Gasteiger partial charge in [-0.15, -0.1) is 0 Å². The SMILES string of the molecule is CC(C)CN(Cc1nc2ccccc2n1Cc1ccccc1CN1CCCCC1)C(=O)/C=C/c1cccc(F)c1F. The van der Waals surface area contributed by atoms with E-state index in [9.17, 15) is 13.6 Å². The molecule has 0 N–H and O–H groups in total. The maximum absolute atomic E-state index is 14.2. The average Bonchev–Trinajstić information content (AvgIpc) is 3.31. The maximum atomic E-state index is 14.2. The molecule has 7 heteroatoms. The summed E-state index contributed by atoms with van der Waals surface area (Å²) >= 11 is 0. The number of aromatic nitrogens is 2. The Kier molecular flexibility index (Phi) is 9.24. The van der Waals surface area contributed by atoms with Crippen molar-refractivity contribution in [3.63, 3.8) is 0 Å². The van der Waals surface area contributed by atoms with Crippen molar-refractivity contribution in [1.29, 1.82) is 0 Å². The van der Waals surface area contributed by atoms with E-state index in [1.54, 1.807) is 4.90 Å². The van der Waals surface area contributed by atoms with Gasteiger partial charge in [-0.3, -0.25) is 9.69 Å². The standard InChI is InChI=1S/C34H38F2N4O/c1-25(2)21-39(33(41)18-17-26-13-10-14-29(35)34(26)36)24-32-37-30-15-6-7-16-31(30)40(32)23-28-12-5-4-11-27(28)22-38-19-8-3-9-20-38/h4-7,10-18,25H,3,8-9,19-24H2,1-2H3/b18-17+. The number of halogens is 2. The molecule has 1 aliphatic rings. The van der Waals surface area contributed by atoms with Gasteiger partial charge in [-0.1, -0.05) is 68.8 Å². The molecule has 41 heavy (non-hydrogen) atoms. The highest BCUT2D eigenvalue weighted by Crippen LogP contribution is 2.23. The van der Waals surface area contributed by atoms with E-state index in [2.05, 4.69) is 53.6 Å². The zero-order valence-electron chi connectivity index (χ0n) is 23.9. The van der Waals surface area contributed by atoms with E-state index in [1.807, 2.05) is 18.2 Å². The first-order chi connectivity index (χ1) is 19.9. The van der Waals surface area contributed by atoms with Gasteiger partial charge in [-0.2, -0.15) is 0 Å². The second kappa shape index (κ2) is 13.2. The number of likely N-dealkylation sites (tertiary alicyclic amines) is 1. The lowest BCUT2D eigenvalue weighted by molar-refractivity contribution is -0.127. The number of benzene rings is 3. The summed E-state index contributed by atoms with van der Waals surface area (Å²) in [6.07, 6.45) is 6.46.